The van der Waals surface area contributed by atoms with Crippen molar-refractivity contribution < 1.29 is 19.1 Å². The number of ketones is 1. The summed E-state index contributed by atoms with van der Waals surface area (Å²) in [5, 5.41) is 0.249. The van der Waals surface area contributed by atoms with Crippen molar-refractivity contribution in [2.24, 2.45) is 0 Å². The molecule has 0 bridgehead atoms. The molecular formula is C17H13Cl3O4. The maximum atomic E-state index is 12.3. The number of ether oxygens (including phenoxy) is 2. The molecule has 126 valence electrons. The van der Waals surface area contributed by atoms with Gasteiger partial charge >= 0.3 is 5.97 Å². The molecule has 7 heteroatoms. The van der Waals surface area contributed by atoms with Crippen molar-refractivity contribution in [3.8, 4) is 5.75 Å². The molecule has 1 atom stereocenters. The van der Waals surface area contributed by atoms with E-state index in [1.165, 1.54) is 26.2 Å². The van der Waals surface area contributed by atoms with Crippen molar-refractivity contribution in [2.75, 3.05) is 7.11 Å². The molecule has 0 spiro atoms. The van der Waals surface area contributed by atoms with Crippen LogP contribution in [0.3, 0.4) is 0 Å². The van der Waals surface area contributed by atoms with E-state index in [0.717, 1.165) is 0 Å². The number of Topliss-reactive ketones (excluding diaryl/α,β-unsaturated/α-hetero) is 1. The van der Waals surface area contributed by atoms with Crippen LogP contribution in [0.2, 0.25) is 15.1 Å². The van der Waals surface area contributed by atoms with Crippen LogP contribution in [0.25, 0.3) is 0 Å². The van der Waals surface area contributed by atoms with Crippen molar-refractivity contribution in [3.63, 3.8) is 0 Å². The SMILES string of the molecule is COc1ccc(C(=O)[C@H](C)OC(=O)c2c(Cl)ccc(Cl)c2Cl)cc1. The Morgan fingerprint density at radius 3 is 2.12 bits per heavy atom. The summed E-state index contributed by atoms with van der Waals surface area (Å²) in [6, 6.07) is 9.37. The molecule has 0 aliphatic carbocycles. The summed E-state index contributed by atoms with van der Waals surface area (Å²) < 4.78 is 10.2. The molecule has 0 N–H and O–H groups in total. The summed E-state index contributed by atoms with van der Waals surface area (Å²) >= 11 is 17.8. The van der Waals surface area contributed by atoms with Crippen molar-refractivity contribution >= 4 is 46.6 Å². The number of carbonyl (C=O) groups is 2. The molecule has 0 heterocycles. The lowest BCUT2D eigenvalue weighted by Gasteiger charge is -2.14. The maximum absolute atomic E-state index is 12.3. The Hall–Kier alpha value is -1.75. The number of hydrogen-bond donors (Lipinski definition) is 0. The highest BCUT2D eigenvalue weighted by atomic mass is 35.5. The second kappa shape index (κ2) is 7.88. The van der Waals surface area contributed by atoms with Gasteiger partial charge in [-0.15, -0.1) is 0 Å². The second-order valence-corrected chi connectivity index (χ2v) is 6.05. The molecule has 0 aromatic heterocycles. The molecule has 2 rings (SSSR count). The van der Waals surface area contributed by atoms with Gasteiger partial charge in [-0.3, -0.25) is 4.79 Å². The number of halogens is 3. The number of rotatable bonds is 5. The van der Waals surface area contributed by atoms with Crippen LogP contribution < -0.4 is 4.74 Å². The first kappa shape index (κ1) is 18.6. The van der Waals surface area contributed by atoms with E-state index in [-0.39, 0.29) is 26.4 Å². The summed E-state index contributed by atoms with van der Waals surface area (Å²) in [6.07, 6.45) is -1.02. The molecule has 2 aromatic carbocycles. The molecule has 0 saturated carbocycles. The zero-order valence-corrected chi connectivity index (χ0v) is 15.1. The van der Waals surface area contributed by atoms with Crippen LogP contribution in [-0.2, 0) is 4.74 Å². The summed E-state index contributed by atoms with van der Waals surface area (Å²) in [5.74, 6) is -0.559. The van der Waals surface area contributed by atoms with Gasteiger partial charge in [-0.25, -0.2) is 4.79 Å². The van der Waals surface area contributed by atoms with E-state index in [1.807, 2.05) is 0 Å². The topological polar surface area (TPSA) is 52.6 Å². The number of benzene rings is 2. The highest BCUT2D eigenvalue weighted by Crippen LogP contribution is 2.32. The van der Waals surface area contributed by atoms with E-state index in [4.69, 9.17) is 44.3 Å². The molecule has 0 saturated heterocycles. The molecule has 0 radical (unpaired) electrons. The van der Waals surface area contributed by atoms with Crippen LogP contribution in [0.4, 0.5) is 0 Å². The fraction of sp³-hybridized carbons (Fsp3) is 0.176. The van der Waals surface area contributed by atoms with Gasteiger partial charge in [0.2, 0.25) is 5.78 Å². The van der Waals surface area contributed by atoms with Crippen molar-refractivity contribution in [1.29, 1.82) is 0 Å². The lowest BCUT2D eigenvalue weighted by atomic mass is 10.1. The van der Waals surface area contributed by atoms with Gasteiger partial charge in [0.15, 0.2) is 6.10 Å². The summed E-state index contributed by atoms with van der Waals surface area (Å²) in [5.41, 5.74) is 0.319. The second-order valence-electron chi connectivity index (χ2n) is 4.86. The normalized spacial score (nSPS) is 11.7. The van der Waals surface area contributed by atoms with Crippen LogP contribution in [0.15, 0.2) is 36.4 Å². The average molecular weight is 388 g/mol. The van der Waals surface area contributed by atoms with Crippen molar-refractivity contribution in [3.05, 3.63) is 62.6 Å². The third-order valence-corrected chi connectivity index (χ3v) is 4.39. The van der Waals surface area contributed by atoms with E-state index in [2.05, 4.69) is 0 Å². The van der Waals surface area contributed by atoms with Crippen molar-refractivity contribution in [2.45, 2.75) is 13.0 Å². The Bertz CT molecular complexity index is 772. The highest BCUT2D eigenvalue weighted by Gasteiger charge is 2.24. The Morgan fingerprint density at radius 2 is 1.54 bits per heavy atom. The first-order valence-corrected chi connectivity index (χ1v) is 8.01. The smallest absolute Gasteiger partial charge is 0.341 e. The standard InChI is InChI=1S/C17H13Cl3O4/c1-9(16(21)10-3-5-11(23-2)6-4-10)24-17(22)14-12(18)7-8-13(19)15(14)20/h3-9H,1-2H3/t9-/m0/s1. The fourth-order valence-electron chi connectivity index (χ4n) is 1.98. The fourth-order valence-corrected chi connectivity index (χ4v) is 2.66. The largest absolute Gasteiger partial charge is 0.497 e. The molecule has 4 nitrogen and oxygen atoms in total. The molecule has 0 aliphatic rings. The van der Waals surface area contributed by atoms with E-state index in [9.17, 15) is 9.59 Å². The van der Waals surface area contributed by atoms with Gasteiger partial charge in [-0.05, 0) is 43.3 Å². The predicted octanol–water partition coefficient (Wildman–Crippen LogP) is 5.08. The van der Waals surface area contributed by atoms with Crippen LogP contribution in [0.5, 0.6) is 5.75 Å². The monoisotopic (exact) mass is 386 g/mol. The van der Waals surface area contributed by atoms with Gasteiger partial charge in [0.1, 0.15) is 5.75 Å². The predicted molar refractivity (Wildman–Crippen MR) is 93.7 cm³/mol. The highest BCUT2D eigenvalue weighted by molar-refractivity contribution is 6.46. The minimum absolute atomic E-state index is 0.0155. The summed E-state index contributed by atoms with van der Waals surface area (Å²) in [7, 11) is 1.53. The van der Waals surface area contributed by atoms with Crippen LogP contribution >= 0.6 is 34.8 Å². The van der Waals surface area contributed by atoms with Gasteiger partial charge < -0.3 is 9.47 Å². The van der Waals surface area contributed by atoms with E-state index >= 15 is 0 Å². The molecule has 0 aliphatic heterocycles. The molecule has 0 unspecified atom stereocenters. The summed E-state index contributed by atoms with van der Waals surface area (Å²) in [6.45, 7) is 1.47. The number of methoxy groups -OCH3 is 1. The molecular weight excluding hydrogens is 375 g/mol. The Balaban J connectivity index is 2.16. The number of esters is 1. The summed E-state index contributed by atoms with van der Waals surface area (Å²) in [4.78, 5) is 24.6. The Morgan fingerprint density at radius 1 is 0.958 bits per heavy atom. The maximum Gasteiger partial charge on any atom is 0.341 e. The number of carbonyl (C=O) groups excluding carboxylic acids is 2. The Labute approximate surface area is 154 Å². The number of hydrogen-bond acceptors (Lipinski definition) is 4. The Kier molecular flexibility index (Phi) is 6.10. The molecule has 0 amide bonds. The van der Waals surface area contributed by atoms with E-state index < -0.39 is 12.1 Å². The van der Waals surface area contributed by atoms with E-state index in [1.54, 1.807) is 24.3 Å². The lowest BCUT2D eigenvalue weighted by molar-refractivity contribution is 0.0319. The minimum Gasteiger partial charge on any atom is -0.497 e. The molecule has 2 aromatic rings. The van der Waals surface area contributed by atoms with Gasteiger partial charge in [-0.1, -0.05) is 34.8 Å². The lowest BCUT2D eigenvalue weighted by Crippen LogP contribution is -2.24. The van der Waals surface area contributed by atoms with Gasteiger partial charge in [0.25, 0.3) is 0 Å². The van der Waals surface area contributed by atoms with Crippen LogP contribution in [-0.4, -0.2) is 25.0 Å². The average Bonchev–Trinajstić information content (AvgIpc) is 2.58. The minimum atomic E-state index is -1.02. The first-order valence-electron chi connectivity index (χ1n) is 6.88. The van der Waals surface area contributed by atoms with E-state index in [0.29, 0.717) is 11.3 Å². The van der Waals surface area contributed by atoms with Crippen LogP contribution in [0.1, 0.15) is 27.6 Å². The first-order chi connectivity index (χ1) is 11.3. The van der Waals surface area contributed by atoms with Gasteiger partial charge in [0.05, 0.1) is 27.7 Å². The quantitative estimate of drug-likeness (QED) is 0.408. The van der Waals surface area contributed by atoms with Crippen LogP contribution in [0, 0.1) is 0 Å². The zero-order valence-electron chi connectivity index (χ0n) is 12.8. The van der Waals surface area contributed by atoms with Crippen molar-refractivity contribution in [1.82, 2.24) is 0 Å². The third-order valence-electron chi connectivity index (χ3n) is 3.28. The molecule has 0 fully saturated rings. The zero-order chi connectivity index (χ0) is 17.9. The third kappa shape index (κ3) is 4.01. The van der Waals surface area contributed by atoms with Gasteiger partial charge in [-0.2, -0.15) is 0 Å². The molecule has 24 heavy (non-hydrogen) atoms. The van der Waals surface area contributed by atoms with Gasteiger partial charge in [0, 0.05) is 5.56 Å².